The van der Waals surface area contributed by atoms with Crippen LogP contribution in [-0.4, -0.2) is 23.4 Å². The van der Waals surface area contributed by atoms with E-state index in [2.05, 4.69) is 27.3 Å². The standard InChI is InChI=1S/C19H17BrClN3O/c1-11-9-13(21)4-5-16(11)24-19-14(7-8-22-19)18(23-24)15-10-12(20)3-6-17(15)25-2/h3-6,9-10,22H,7-8H2,1-2H3. The Bertz CT molecular complexity index is 968. The number of halogens is 2. The van der Waals surface area contributed by atoms with Crippen molar-refractivity contribution < 1.29 is 4.74 Å². The molecule has 6 heteroatoms. The molecule has 0 saturated carbocycles. The van der Waals surface area contributed by atoms with Crippen molar-refractivity contribution in [3.63, 3.8) is 0 Å². The molecule has 0 unspecified atom stereocenters. The zero-order valence-corrected chi connectivity index (χ0v) is 16.3. The van der Waals surface area contributed by atoms with Crippen LogP contribution in [0.4, 0.5) is 5.82 Å². The van der Waals surface area contributed by atoms with Crippen molar-refractivity contribution >= 4 is 33.3 Å². The number of methoxy groups -OCH3 is 1. The van der Waals surface area contributed by atoms with Crippen molar-refractivity contribution in [2.45, 2.75) is 13.3 Å². The Hall–Kier alpha value is -1.98. The molecule has 1 aromatic heterocycles. The number of rotatable bonds is 3. The molecule has 0 spiro atoms. The van der Waals surface area contributed by atoms with Crippen molar-refractivity contribution in [3.05, 3.63) is 57.0 Å². The third kappa shape index (κ3) is 2.81. The maximum absolute atomic E-state index is 6.11. The normalized spacial score (nSPS) is 12.8. The van der Waals surface area contributed by atoms with Crippen molar-refractivity contribution in [3.8, 4) is 22.7 Å². The molecule has 1 aliphatic rings. The molecule has 1 N–H and O–H groups in total. The minimum atomic E-state index is 0.729. The van der Waals surface area contributed by atoms with Gasteiger partial charge in [-0.1, -0.05) is 27.5 Å². The maximum atomic E-state index is 6.11. The van der Waals surface area contributed by atoms with E-state index in [1.165, 1.54) is 5.56 Å². The van der Waals surface area contributed by atoms with E-state index in [-0.39, 0.29) is 0 Å². The van der Waals surface area contributed by atoms with Crippen LogP contribution in [-0.2, 0) is 6.42 Å². The second kappa shape index (κ2) is 6.39. The monoisotopic (exact) mass is 417 g/mol. The number of hydrogen-bond donors (Lipinski definition) is 1. The molecule has 4 rings (SSSR count). The van der Waals surface area contributed by atoms with E-state index in [4.69, 9.17) is 21.4 Å². The number of nitrogens with one attached hydrogen (secondary N) is 1. The van der Waals surface area contributed by atoms with Gasteiger partial charge < -0.3 is 10.1 Å². The molecule has 25 heavy (non-hydrogen) atoms. The molecule has 0 saturated heterocycles. The van der Waals surface area contributed by atoms with Gasteiger partial charge in [-0.25, -0.2) is 4.68 Å². The highest BCUT2D eigenvalue weighted by Crippen LogP contribution is 2.40. The summed E-state index contributed by atoms with van der Waals surface area (Å²) in [5.74, 6) is 1.86. The van der Waals surface area contributed by atoms with Crippen LogP contribution < -0.4 is 10.1 Å². The summed E-state index contributed by atoms with van der Waals surface area (Å²) in [7, 11) is 1.69. The molecule has 0 atom stereocenters. The molecular formula is C19H17BrClN3O. The average molecular weight is 419 g/mol. The van der Waals surface area contributed by atoms with Gasteiger partial charge in [0.25, 0.3) is 0 Å². The Labute approximate surface area is 159 Å². The van der Waals surface area contributed by atoms with Gasteiger partial charge >= 0.3 is 0 Å². The average Bonchev–Trinajstić information content (AvgIpc) is 3.18. The van der Waals surface area contributed by atoms with E-state index in [1.807, 2.05) is 41.9 Å². The summed E-state index contributed by atoms with van der Waals surface area (Å²) in [5, 5.41) is 9.12. The first-order chi connectivity index (χ1) is 12.1. The quantitative estimate of drug-likeness (QED) is 0.632. The fourth-order valence-electron chi connectivity index (χ4n) is 3.29. The molecule has 3 aromatic rings. The van der Waals surface area contributed by atoms with E-state index >= 15 is 0 Å². The van der Waals surface area contributed by atoms with Gasteiger partial charge in [0, 0.05) is 27.2 Å². The number of hydrogen-bond acceptors (Lipinski definition) is 3. The fraction of sp³-hybridized carbons (Fsp3) is 0.211. The molecule has 2 aromatic carbocycles. The van der Waals surface area contributed by atoms with Gasteiger partial charge in [-0.2, -0.15) is 5.10 Å². The van der Waals surface area contributed by atoms with Crippen LogP contribution in [0.1, 0.15) is 11.1 Å². The van der Waals surface area contributed by atoms with Crippen LogP contribution in [0, 0.1) is 6.92 Å². The highest BCUT2D eigenvalue weighted by molar-refractivity contribution is 9.10. The maximum Gasteiger partial charge on any atom is 0.133 e. The summed E-state index contributed by atoms with van der Waals surface area (Å²) in [6.07, 6.45) is 0.937. The summed E-state index contributed by atoms with van der Waals surface area (Å²) in [6, 6.07) is 11.8. The highest BCUT2D eigenvalue weighted by atomic mass is 79.9. The number of aryl methyl sites for hydroxylation is 1. The summed E-state index contributed by atoms with van der Waals surface area (Å²) >= 11 is 9.67. The first-order valence-electron chi connectivity index (χ1n) is 8.04. The first kappa shape index (κ1) is 16.5. The van der Waals surface area contributed by atoms with Crippen LogP contribution in [0.2, 0.25) is 5.02 Å². The van der Waals surface area contributed by atoms with E-state index in [0.29, 0.717) is 0 Å². The number of benzene rings is 2. The van der Waals surface area contributed by atoms with E-state index in [9.17, 15) is 0 Å². The van der Waals surface area contributed by atoms with Crippen LogP contribution in [0.3, 0.4) is 0 Å². The Kier molecular flexibility index (Phi) is 4.21. The fourth-order valence-corrected chi connectivity index (χ4v) is 3.87. The lowest BCUT2D eigenvalue weighted by Crippen LogP contribution is -2.05. The number of aromatic nitrogens is 2. The number of anilines is 1. The topological polar surface area (TPSA) is 39.1 Å². The first-order valence-corrected chi connectivity index (χ1v) is 9.22. The van der Waals surface area contributed by atoms with Crippen LogP contribution >= 0.6 is 27.5 Å². The number of ether oxygens (including phenoxy) is 1. The van der Waals surface area contributed by atoms with Gasteiger partial charge in [0.05, 0.1) is 12.8 Å². The van der Waals surface area contributed by atoms with Crippen LogP contribution in [0.5, 0.6) is 5.75 Å². The number of nitrogens with zero attached hydrogens (tertiary/aromatic N) is 2. The minimum absolute atomic E-state index is 0.729. The SMILES string of the molecule is COc1ccc(Br)cc1-c1nn(-c2ccc(Cl)cc2C)c2c1CCN2. The Balaban J connectivity index is 1.94. The summed E-state index contributed by atoms with van der Waals surface area (Å²) < 4.78 is 8.54. The molecule has 4 nitrogen and oxygen atoms in total. The van der Waals surface area contributed by atoms with Gasteiger partial charge in [0.1, 0.15) is 17.3 Å². The third-order valence-electron chi connectivity index (χ3n) is 4.45. The van der Waals surface area contributed by atoms with Gasteiger partial charge in [0.15, 0.2) is 0 Å². The van der Waals surface area contributed by atoms with Crippen molar-refractivity contribution in [2.24, 2.45) is 0 Å². The predicted molar refractivity (Wildman–Crippen MR) is 105 cm³/mol. The molecule has 0 bridgehead atoms. The van der Waals surface area contributed by atoms with E-state index < -0.39 is 0 Å². The zero-order chi connectivity index (χ0) is 17.6. The Morgan fingerprint density at radius 1 is 1.24 bits per heavy atom. The van der Waals surface area contributed by atoms with Gasteiger partial charge in [-0.15, -0.1) is 0 Å². The molecular weight excluding hydrogens is 402 g/mol. The highest BCUT2D eigenvalue weighted by Gasteiger charge is 2.26. The largest absolute Gasteiger partial charge is 0.496 e. The Morgan fingerprint density at radius 2 is 2.08 bits per heavy atom. The summed E-state index contributed by atoms with van der Waals surface area (Å²) in [6.45, 7) is 2.95. The molecule has 0 radical (unpaired) electrons. The van der Waals surface area contributed by atoms with Crippen molar-refractivity contribution in [1.29, 1.82) is 0 Å². The van der Waals surface area contributed by atoms with Gasteiger partial charge in [-0.3, -0.25) is 0 Å². The molecule has 0 fully saturated rings. The van der Waals surface area contributed by atoms with Gasteiger partial charge in [-0.05, 0) is 55.3 Å². The van der Waals surface area contributed by atoms with Gasteiger partial charge in [0.2, 0.25) is 0 Å². The van der Waals surface area contributed by atoms with E-state index in [0.717, 1.165) is 56.5 Å². The molecule has 0 aliphatic carbocycles. The summed E-state index contributed by atoms with van der Waals surface area (Å²) in [5.41, 5.74) is 5.26. The predicted octanol–water partition coefficient (Wildman–Crippen LogP) is 5.24. The van der Waals surface area contributed by atoms with Crippen LogP contribution in [0.25, 0.3) is 16.9 Å². The zero-order valence-electron chi connectivity index (χ0n) is 13.9. The molecule has 1 aliphatic heterocycles. The second-order valence-corrected chi connectivity index (χ2v) is 7.39. The molecule has 0 amide bonds. The molecule has 128 valence electrons. The summed E-state index contributed by atoms with van der Waals surface area (Å²) in [4.78, 5) is 0. The lowest BCUT2D eigenvalue weighted by atomic mass is 10.1. The van der Waals surface area contributed by atoms with Crippen molar-refractivity contribution in [1.82, 2.24) is 9.78 Å². The molecule has 2 heterocycles. The smallest absolute Gasteiger partial charge is 0.133 e. The number of fused-ring (bicyclic) bond motifs is 1. The third-order valence-corrected chi connectivity index (χ3v) is 5.18. The second-order valence-electron chi connectivity index (χ2n) is 6.04. The van der Waals surface area contributed by atoms with E-state index in [1.54, 1.807) is 7.11 Å². The lowest BCUT2D eigenvalue weighted by Gasteiger charge is -2.10. The van der Waals surface area contributed by atoms with Crippen molar-refractivity contribution in [2.75, 3.05) is 19.0 Å². The Morgan fingerprint density at radius 3 is 2.84 bits per heavy atom. The lowest BCUT2D eigenvalue weighted by molar-refractivity contribution is 0.416. The van der Waals surface area contributed by atoms with Crippen LogP contribution in [0.15, 0.2) is 40.9 Å². The minimum Gasteiger partial charge on any atom is -0.496 e.